The van der Waals surface area contributed by atoms with E-state index in [4.69, 9.17) is 10.2 Å². The van der Waals surface area contributed by atoms with Gasteiger partial charge in [0.05, 0.1) is 24.5 Å². The number of hydrogen-bond donors (Lipinski definition) is 3. The van der Waals surface area contributed by atoms with Crippen molar-refractivity contribution in [3.63, 3.8) is 0 Å². The molecule has 0 amide bonds. The molecule has 0 saturated heterocycles. The molecule has 0 spiro atoms. The highest BCUT2D eigenvalue weighted by Gasteiger charge is 2.11. The fourth-order valence-corrected chi connectivity index (χ4v) is 3.61. The number of hydrogen-bond acceptors (Lipinski definition) is 5. The van der Waals surface area contributed by atoms with Gasteiger partial charge in [0.1, 0.15) is 11.3 Å². The molecule has 0 atom stereocenters. The van der Waals surface area contributed by atoms with Crippen molar-refractivity contribution in [2.75, 3.05) is 24.2 Å². The molecule has 5 nitrogen and oxygen atoms in total. The minimum absolute atomic E-state index is 0.0948. The maximum absolute atomic E-state index is 9.51. The molecule has 1 aromatic heterocycles. The Kier molecular flexibility index (Phi) is 6.36. The molecule has 0 aliphatic heterocycles. The predicted molar refractivity (Wildman–Crippen MR) is 127 cm³/mol. The van der Waals surface area contributed by atoms with E-state index in [1.807, 2.05) is 60.7 Å². The lowest BCUT2D eigenvalue weighted by molar-refractivity contribution is 0.176. The number of fused-ring (bicyclic) bond motifs is 1. The highest BCUT2D eigenvalue weighted by Crippen LogP contribution is 2.24. The van der Waals surface area contributed by atoms with Crippen LogP contribution < -0.4 is 11.1 Å². The van der Waals surface area contributed by atoms with Crippen LogP contribution in [0.1, 0.15) is 16.9 Å². The van der Waals surface area contributed by atoms with Gasteiger partial charge in [-0.1, -0.05) is 61.2 Å². The Labute approximate surface area is 182 Å². The van der Waals surface area contributed by atoms with Crippen molar-refractivity contribution < 1.29 is 9.52 Å². The first-order valence-corrected chi connectivity index (χ1v) is 10.3. The molecule has 4 aromatic rings. The maximum atomic E-state index is 9.51. The smallest absolute Gasteiger partial charge is 0.134 e. The summed E-state index contributed by atoms with van der Waals surface area (Å²) in [5.74, 6) is 0.893. The van der Waals surface area contributed by atoms with Crippen LogP contribution in [0.4, 0.5) is 11.4 Å². The summed E-state index contributed by atoms with van der Waals surface area (Å²) in [5.41, 5.74) is 11.4. The number of benzene rings is 3. The molecule has 0 fully saturated rings. The van der Waals surface area contributed by atoms with Gasteiger partial charge in [-0.15, -0.1) is 0 Å². The zero-order chi connectivity index (χ0) is 21.6. The van der Waals surface area contributed by atoms with Crippen LogP contribution >= 0.6 is 0 Å². The number of aliphatic hydroxyl groups is 1. The molecule has 0 unspecified atom stereocenters. The summed E-state index contributed by atoms with van der Waals surface area (Å²) < 4.78 is 5.95. The van der Waals surface area contributed by atoms with Gasteiger partial charge in [-0.05, 0) is 35.4 Å². The molecule has 0 aliphatic carbocycles. The molecule has 5 heteroatoms. The van der Waals surface area contributed by atoms with Gasteiger partial charge < -0.3 is 20.6 Å². The van der Waals surface area contributed by atoms with E-state index in [9.17, 15) is 5.11 Å². The zero-order valence-electron chi connectivity index (χ0n) is 17.4. The second-order valence-corrected chi connectivity index (χ2v) is 7.57. The number of nitrogens with two attached hydrogens (primary N) is 1. The summed E-state index contributed by atoms with van der Waals surface area (Å²) in [4.78, 5) is 2.17. The van der Waals surface area contributed by atoms with Gasteiger partial charge in [-0.25, -0.2) is 0 Å². The molecule has 0 aliphatic rings. The summed E-state index contributed by atoms with van der Waals surface area (Å²) in [6.07, 6.45) is 0. The third kappa shape index (κ3) is 5.15. The fraction of sp³-hybridized carbons (Fsp3) is 0.154. The third-order valence-corrected chi connectivity index (χ3v) is 5.23. The van der Waals surface area contributed by atoms with Gasteiger partial charge in [0.2, 0.25) is 0 Å². The first kappa shape index (κ1) is 20.7. The summed E-state index contributed by atoms with van der Waals surface area (Å²) in [7, 11) is 0. The summed E-state index contributed by atoms with van der Waals surface area (Å²) >= 11 is 0. The summed E-state index contributed by atoms with van der Waals surface area (Å²) in [5, 5.41) is 13.9. The number of aliphatic hydroxyl groups excluding tert-OH is 1. The number of nitrogens with zero attached hydrogens (tertiary/aromatic N) is 1. The molecule has 4 rings (SSSR count). The maximum Gasteiger partial charge on any atom is 0.134 e. The molecule has 3 aromatic carbocycles. The zero-order valence-corrected chi connectivity index (χ0v) is 17.4. The average molecular weight is 414 g/mol. The van der Waals surface area contributed by atoms with Crippen molar-refractivity contribution in [1.82, 2.24) is 4.90 Å². The van der Waals surface area contributed by atoms with E-state index < -0.39 is 0 Å². The molecule has 1 heterocycles. The molecule has 158 valence electrons. The van der Waals surface area contributed by atoms with Crippen LogP contribution in [0.3, 0.4) is 0 Å². The van der Waals surface area contributed by atoms with Gasteiger partial charge in [0.15, 0.2) is 0 Å². The van der Waals surface area contributed by atoms with Crippen LogP contribution in [0.15, 0.2) is 89.9 Å². The second kappa shape index (κ2) is 9.51. The SMILES string of the molecule is C=C(Nc1ccccc1N)c1ccc(CN(CCO)Cc2cc3ccccc3o2)cc1. The lowest BCUT2D eigenvalue weighted by atomic mass is 10.1. The van der Waals surface area contributed by atoms with Crippen LogP contribution in [0, 0.1) is 0 Å². The van der Waals surface area contributed by atoms with Crippen molar-refractivity contribution in [2.24, 2.45) is 0 Å². The van der Waals surface area contributed by atoms with Crippen LogP contribution in [-0.4, -0.2) is 23.2 Å². The Morgan fingerprint density at radius 1 is 0.968 bits per heavy atom. The van der Waals surface area contributed by atoms with E-state index in [1.165, 1.54) is 0 Å². The van der Waals surface area contributed by atoms with Gasteiger partial charge in [-0.2, -0.15) is 0 Å². The number of furan rings is 1. The Morgan fingerprint density at radius 3 is 2.45 bits per heavy atom. The molecular formula is C26H27N3O2. The van der Waals surface area contributed by atoms with Crippen molar-refractivity contribution in [1.29, 1.82) is 0 Å². The van der Waals surface area contributed by atoms with Crippen LogP contribution in [0.25, 0.3) is 16.7 Å². The lowest BCUT2D eigenvalue weighted by Gasteiger charge is -2.20. The molecule has 0 saturated carbocycles. The number of nitrogen functional groups attached to an aromatic ring is 1. The molecule has 31 heavy (non-hydrogen) atoms. The van der Waals surface area contributed by atoms with Gasteiger partial charge in [-0.3, -0.25) is 4.90 Å². The van der Waals surface area contributed by atoms with Gasteiger partial charge >= 0.3 is 0 Å². The standard InChI is InChI=1S/C26H27N3O2/c1-19(28-25-8-4-3-7-24(25)27)21-12-10-20(11-13-21)17-29(14-15-30)18-23-16-22-6-2-5-9-26(22)31-23/h2-13,16,28,30H,1,14-15,17-18,27H2. The number of para-hydroxylation sites is 3. The van der Waals surface area contributed by atoms with Crippen molar-refractivity contribution in [3.8, 4) is 0 Å². The number of anilines is 2. The van der Waals surface area contributed by atoms with Crippen LogP contribution in [-0.2, 0) is 13.1 Å². The van der Waals surface area contributed by atoms with E-state index in [-0.39, 0.29) is 6.61 Å². The minimum atomic E-state index is 0.0948. The van der Waals surface area contributed by atoms with Crippen LogP contribution in [0.2, 0.25) is 0 Å². The third-order valence-electron chi connectivity index (χ3n) is 5.23. The largest absolute Gasteiger partial charge is 0.460 e. The quantitative estimate of drug-likeness (QED) is 0.333. The average Bonchev–Trinajstić information content (AvgIpc) is 3.18. The van der Waals surface area contributed by atoms with Crippen LogP contribution in [0.5, 0.6) is 0 Å². The van der Waals surface area contributed by atoms with Crippen molar-refractivity contribution in [2.45, 2.75) is 13.1 Å². The highest BCUT2D eigenvalue weighted by molar-refractivity contribution is 5.81. The minimum Gasteiger partial charge on any atom is -0.460 e. The highest BCUT2D eigenvalue weighted by atomic mass is 16.3. The number of nitrogens with one attached hydrogen (secondary N) is 1. The fourth-order valence-electron chi connectivity index (χ4n) is 3.61. The topological polar surface area (TPSA) is 74.7 Å². The Balaban J connectivity index is 1.42. The predicted octanol–water partition coefficient (Wildman–Crippen LogP) is 5.09. The first-order chi connectivity index (χ1) is 15.1. The monoisotopic (exact) mass is 413 g/mol. The normalized spacial score (nSPS) is 11.2. The second-order valence-electron chi connectivity index (χ2n) is 7.57. The number of rotatable bonds is 9. The molecular weight excluding hydrogens is 386 g/mol. The Morgan fingerprint density at radius 2 is 1.71 bits per heavy atom. The Bertz CT molecular complexity index is 1130. The molecule has 0 bridgehead atoms. The van der Waals surface area contributed by atoms with Crippen molar-refractivity contribution >= 4 is 28.0 Å². The first-order valence-electron chi connectivity index (χ1n) is 10.3. The van der Waals surface area contributed by atoms with E-state index in [1.54, 1.807) is 0 Å². The van der Waals surface area contributed by atoms with Gasteiger partial charge in [0, 0.05) is 24.2 Å². The molecule has 0 radical (unpaired) electrons. The molecule has 4 N–H and O–H groups in total. The summed E-state index contributed by atoms with van der Waals surface area (Å²) in [6, 6.07) is 25.9. The van der Waals surface area contributed by atoms with Crippen molar-refractivity contribution in [3.05, 3.63) is 102 Å². The van der Waals surface area contributed by atoms with E-state index >= 15 is 0 Å². The van der Waals surface area contributed by atoms with E-state index in [2.05, 4.69) is 35.0 Å². The lowest BCUT2D eigenvalue weighted by Crippen LogP contribution is -2.25. The van der Waals surface area contributed by atoms with E-state index in [0.29, 0.717) is 25.3 Å². The summed E-state index contributed by atoms with van der Waals surface area (Å²) in [6.45, 7) is 6.15. The van der Waals surface area contributed by atoms with E-state index in [0.717, 1.165) is 39.2 Å². The van der Waals surface area contributed by atoms with Gasteiger partial charge in [0.25, 0.3) is 0 Å². The Hall–Kier alpha value is -3.54.